The molecule has 0 saturated heterocycles. The van der Waals surface area contributed by atoms with Crippen LogP contribution in [0.25, 0.3) is 0 Å². The average Bonchev–Trinajstić information content (AvgIpc) is 2.46. The number of amides is 1. The quantitative estimate of drug-likeness (QED) is 0.508. The van der Waals surface area contributed by atoms with E-state index in [-0.39, 0.29) is 17.0 Å². The Morgan fingerprint density at radius 2 is 2.05 bits per heavy atom. The van der Waals surface area contributed by atoms with Crippen LogP contribution in [0.1, 0.15) is 15.9 Å². The number of carbonyl (C=O) groups excluding carboxylic acids is 1. The fourth-order valence-corrected chi connectivity index (χ4v) is 1.64. The van der Waals surface area contributed by atoms with E-state index in [2.05, 4.69) is 4.99 Å². The van der Waals surface area contributed by atoms with E-state index in [9.17, 15) is 20.0 Å². The molecule has 0 saturated carbocycles. The zero-order valence-electron chi connectivity index (χ0n) is 10.8. The van der Waals surface area contributed by atoms with Gasteiger partial charge in [0.05, 0.1) is 10.6 Å². The van der Waals surface area contributed by atoms with E-state index >= 15 is 0 Å². The van der Waals surface area contributed by atoms with Crippen LogP contribution >= 0.6 is 0 Å². The Morgan fingerprint density at radius 1 is 1.29 bits per heavy atom. The number of nitrogens with zero attached hydrogens (tertiary/aromatic N) is 2. The lowest BCUT2D eigenvalue weighted by molar-refractivity contribution is -0.384. The molecule has 0 aliphatic carbocycles. The molecule has 7 heteroatoms. The number of non-ortho nitro benzene ring substituents is 1. The lowest BCUT2D eigenvalue weighted by Gasteiger charge is -2.00. The van der Waals surface area contributed by atoms with Gasteiger partial charge in [-0.2, -0.15) is 0 Å². The van der Waals surface area contributed by atoms with Gasteiger partial charge in [0.25, 0.3) is 5.69 Å². The lowest BCUT2D eigenvalue weighted by atomic mass is 10.2. The molecule has 1 amide bonds. The molecule has 0 fully saturated rings. The van der Waals surface area contributed by atoms with Crippen LogP contribution in [0.3, 0.4) is 0 Å². The fraction of sp³-hybridized carbons (Fsp3) is 0. The third-order valence-corrected chi connectivity index (χ3v) is 2.71. The van der Waals surface area contributed by atoms with Crippen molar-refractivity contribution in [2.45, 2.75) is 0 Å². The van der Waals surface area contributed by atoms with E-state index in [1.807, 2.05) is 0 Å². The van der Waals surface area contributed by atoms with Crippen molar-refractivity contribution in [1.29, 1.82) is 0 Å². The third-order valence-electron chi connectivity index (χ3n) is 2.71. The second-order valence-electron chi connectivity index (χ2n) is 4.17. The number of phenolic OH excluding ortho intramolecular Hbond substituents is 1. The van der Waals surface area contributed by atoms with Gasteiger partial charge in [0.2, 0.25) is 5.91 Å². The number of hydrogen-bond donors (Lipinski definition) is 2. The molecular formula is C14H11N3O4. The molecule has 0 heterocycles. The standard InChI is InChI=1S/C14H11N3O4/c15-14(19)9-2-1-3-11(6-9)16-8-10-7-12(17(20)21)4-5-13(10)18/h1-8,18H,(H2,15,19). The van der Waals surface area contributed by atoms with E-state index in [1.54, 1.807) is 18.2 Å². The monoisotopic (exact) mass is 285 g/mol. The van der Waals surface area contributed by atoms with Crippen molar-refractivity contribution in [3.05, 3.63) is 63.7 Å². The van der Waals surface area contributed by atoms with E-state index in [1.165, 1.54) is 30.5 Å². The lowest BCUT2D eigenvalue weighted by Crippen LogP contribution is -2.10. The fourth-order valence-electron chi connectivity index (χ4n) is 1.64. The van der Waals surface area contributed by atoms with E-state index in [4.69, 9.17) is 5.73 Å². The first-order chi connectivity index (χ1) is 9.97. The van der Waals surface area contributed by atoms with Crippen LogP contribution in [0.4, 0.5) is 11.4 Å². The predicted octanol–water partition coefficient (Wildman–Crippen LogP) is 2.15. The number of carbonyl (C=O) groups is 1. The van der Waals surface area contributed by atoms with Crippen LogP contribution in [-0.2, 0) is 0 Å². The number of rotatable bonds is 4. The van der Waals surface area contributed by atoms with Crippen molar-refractivity contribution in [3.8, 4) is 5.75 Å². The maximum absolute atomic E-state index is 11.1. The average molecular weight is 285 g/mol. The van der Waals surface area contributed by atoms with Crippen molar-refractivity contribution in [2.24, 2.45) is 10.7 Å². The Balaban J connectivity index is 2.33. The summed E-state index contributed by atoms with van der Waals surface area (Å²) < 4.78 is 0. The second-order valence-corrected chi connectivity index (χ2v) is 4.17. The van der Waals surface area contributed by atoms with Crippen molar-refractivity contribution >= 4 is 23.5 Å². The van der Waals surface area contributed by atoms with Crippen LogP contribution in [0.15, 0.2) is 47.5 Å². The minimum Gasteiger partial charge on any atom is -0.507 e. The summed E-state index contributed by atoms with van der Waals surface area (Å²) in [6, 6.07) is 9.90. The number of aromatic hydroxyl groups is 1. The molecule has 3 N–H and O–H groups in total. The molecule has 0 unspecified atom stereocenters. The zero-order chi connectivity index (χ0) is 15.4. The molecule has 0 aliphatic heterocycles. The van der Waals surface area contributed by atoms with Gasteiger partial charge in [0.15, 0.2) is 0 Å². The minimum atomic E-state index is -0.578. The predicted molar refractivity (Wildman–Crippen MR) is 77.0 cm³/mol. The molecule has 0 bridgehead atoms. The maximum atomic E-state index is 11.1. The molecule has 2 aromatic rings. The smallest absolute Gasteiger partial charge is 0.270 e. The normalized spacial score (nSPS) is 10.7. The van der Waals surface area contributed by atoms with Crippen molar-refractivity contribution in [1.82, 2.24) is 0 Å². The number of aliphatic imine (C=N–C) groups is 1. The van der Waals surface area contributed by atoms with Gasteiger partial charge in [0.1, 0.15) is 5.75 Å². The van der Waals surface area contributed by atoms with Crippen LogP contribution in [0, 0.1) is 10.1 Å². The number of nitro groups is 1. The molecule has 7 nitrogen and oxygen atoms in total. The van der Waals surface area contributed by atoms with Gasteiger partial charge in [-0.05, 0) is 24.3 Å². The van der Waals surface area contributed by atoms with Gasteiger partial charge in [-0.3, -0.25) is 19.9 Å². The Morgan fingerprint density at radius 3 is 2.71 bits per heavy atom. The van der Waals surface area contributed by atoms with Crippen LogP contribution in [-0.4, -0.2) is 22.2 Å². The Kier molecular flexibility index (Phi) is 3.94. The first-order valence-electron chi connectivity index (χ1n) is 5.89. The summed E-state index contributed by atoms with van der Waals surface area (Å²) in [5.74, 6) is -0.708. The van der Waals surface area contributed by atoms with Gasteiger partial charge in [0, 0.05) is 29.5 Å². The molecule has 2 rings (SSSR count). The summed E-state index contributed by atoms with van der Waals surface area (Å²) in [7, 11) is 0. The molecule has 2 aromatic carbocycles. The summed E-state index contributed by atoms with van der Waals surface area (Å²) in [5, 5.41) is 20.3. The van der Waals surface area contributed by atoms with Crippen LogP contribution in [0.5, 0.6) is 5.75 Å². The Labute approximate surface area is 119 Å². The third kappa shape index (κ3) is 3.41. The van der Waals surface area contributed by atoms with Crippen molar-refractivity contribution < 1.29 is 14.8 Å². The van der Waals surface area contributed by atoms with Crippen LogP contribution < -0.4 is 5.73 Å². The van der Waals surface area contributed by atoms with E-state index in [0.29, 0.717) is 11.3 Å². The van der Waals surface area contributed by atoms with E-state index in [0.717, 1.165) is 0 Å². The summed E-state index contributed by atoms with van der Waals surface area (Å²) in [4.78, 5) is 25.2. The van der Waals surface area contributed by atoms with Crippen molar-refractivity contribution in [3.63, 3.8) is 0 Å². The van der Waals surface area contributed by atoms with Crippen LogP contribution in [0.2, 0.25) is 0 Å². The molecule has 0 atom stereocenters. The summed E-state index contributed by atoms with van der Waals surface area (Å²) >= 11 is 0. The minimum absolute atomic E-state index is 0.129. The second kappa shape index (κ2) is 5.83. The number of phenols is 1. The number of nitrogens with two attached hydrogens (primary N) is 1. The summed E-state index contributed by atoms with van der Waals surface area (Å²) in [6.07, 6.45) is 1.28. The molecular weight excluding hydrogens is 274 g/mol. The largest absolute Gasteiger partial charge is 0.507 e. The molecule has 106 valence electrons. The SMILES string of the molecule is NC(=O)c1cccc(N=Cc2cc([N+](=O)[O-])ccc2O)c1. The zero-order valence-corrected chi connectivity index (χ0v) is 10.8. The molecule has 0 aliphatic rings. The van der Waals surface area contributed by atoms with Gasteiger partial charge in [-0.15, -0.1) is 0 Å². The Bertz CT molecular complexity index is 741. The highest BCUT2D eigenvalue weighted by atomic mass is 16.6. The molecule has 0 spiro atoms. The number of primary amides is 1. The highest BCUT2D eigenvalue weighted by molar-refractivity contribution is 5.94. The van der Waals surface area contributed by atoms with Gasteiger partial charge in [-0.1, -0.05) is 6.07 Å². The number of nitro benzene ring substituents is 1. The van der Waals surface area contributed by atoms with Gasteiger partial charge in [-0.25, -0.2) is 0 Å². The molecule has 0 aromatic heterocycles. The van der Waals surface area contributed by atoms with E-state index < -0.39 is 10.8 Å². The van der Waals surface area contributed by atoms with Gasteiger partial charge < -0.3 is 10.8 Å². The topological polar surface area (TPSA) is 119 Å². The summed E-state index contributed by atoms with van der Waals surface area (Å²) in [5.41, 5.74) is 5.95. The molecule has 0 radical (unpaired) electrons. The first-order valence-corrected chi connectivity index (χ1v) is 5.89. The number of hydrogen-bond acceptors (Lipinski definition) is 5. The first kappa shape index (κ1) is 14.2. The molecule has 21 heavy (non-hydrogen) atoms. The Hall–Kier alpha value is -3.22. The maximum Gasteiger partial charge on any atom is 0.270 e. The highest BCUT2D eigenvalue weighted by Gasteiger charge is 2.08. The van der Waals surface area contributed by atoms with Gasteiger partial charge >= 0.3 is 0 Å². The van der Waals surface area contributed by atoms with Crippen molar-refractivity contribution in [2.75, 3.05) is 0 Å². The summed E-state index contributed by atoms with van der Waals surface area (Å²) in [6.45, 7) is 0. The highest BCUT2D eigenvalue weighted by Crippen LogP contribution is 2.22. The number of benzene rings is 2.